The zero-order chi connectivity index (χ0) is 18.1. The summed E-state index contributed by atoms with van der Waals surface area (Å²) in [5.74, 6) is 7.86. The second-order valence-electron chi connectivity index (χ2n) is 11.7. The zero-order valence-corrected chi connectivity index (χ0v) is 17.9. The molecular formula is C24H41B. The maximum Gasteiger partial charge on any atom is 0.150 e. The molecule has 6 saturated carbocycles. The molecule has 4 bridgehead atoms. The minimum Gasteiger partial charge on any atom is -0.0960 e. The Labute approximate surface area is 157 Å². The van der Waals surface area contributed by atoms with Gasteiger partial charge >= 0.3 is 0 Å². The maximum absolute atomic E-state index is 2.62. The first kappa shape index (κ1) is 18.2. The topological polar surface area (TPSA) is 0 Å². The number of hydrogen-bond acceptors (Lipinski definition) is 0. The fraction of sp³-hybridized carbons (Fsp3) is 0.917. The second kappa shape index (κ2) is 5.90. The molecule has 6 aliphatic carbocycles. The van der Waals surface area contributed by atoms with E-state index in [9.17, 15) is 0 Å². The molecule has 0 radical (unpaired) electrons. The first-order valence-electron chi connectivity index (χ1n) is 11.3. The summed E-state index contributed by atoms with van der Waals surface area (Å²) >= 11 is 0. The standard InChI is InChI=1S/C24H41B/c1-8-9-10-25(21-13-17-11-19(15(21)2)23(17,4)5)22-14-18-12-20(16(22)3)24(18,6)7/h8-9,15-22H,10-14H2,1-7H3/b9-8+/t15-,16-,17+,18+,19+,20+,21?,22?/m0/s1. The predicted octanol–water partition coefficient (Wildman–Crippen LogP) is 7.20. The van der Waals surface area contributed by atoms with Gasteiger partial charge in [-0.2, -0.15) is 0 Å². The third kappa shape index (κ3) is 2.46. The fourth-order valence-electron chi connectivity index (χ4n) is 8.47. The van der Waals surface area contributed by atoms with Gasteiger partial charge < -0.3 is 0 Å². The van der Waals surface area contributed by atoms with Crippen molar-refractivity contribution in [2.75, 3.05) is 0 Å². The van der Waals surface area contributed by atoms with Gasteiger partial charge in [-0.25, -0.2) is 0 Å². The van der Waals surface area contributed by atoms with Crippen LogP contribution in [-0.4, -0.2) is 6.71 Å². The Morgan fingerprint density at radius 3 is 1.56 bits per heavy atom. The van der Waals surface area contributed by atoms with E-state index in [1.165, 1.54) is 32.0 Å². The molecule has 0 nitrogen and oxygen atoms in total. The van der Waals surface area contributed by atoms with Gasteiger partial charge in [0, 0.05) is 0 Å². The van der Waals surface area contributed by atoms with Crippen LogP contribution < -0.4 is 0 Å². The normalized spacial score (nSPS) is 49.4. The van der Waals surface area contributed by atoms with E-state index >= 15 is 0 Å². The molecule has 6 fully saturated rings. The highest BCUT2D eigenvalue weighted by Gasteiger charge is 2.61. The molecule has 6 aliphatic rings. The lowest BCUT2D eigenvalue weighted by molar-refractivity contribution is -0.107. The highest BCUT2D eigenvalue weighted by Crippen LogP contribution is 2.69. The SMILES string of the molecule is C/C=C/CB(C1C[C@H]2C[C@H]([C@@H]1C)C2(C)C)C1C[C@H]2C[C@H]([C@@H]1C)C2(C)C. The molecule has 1 heteroatoms. The van der Waals surface area contributed by atoms with E-state index in [1.807, 2.05) is 0 Å². The quantitative estimate of drug-likeness (QED) is 0.375. The molecule has 25 heavy (non-hydrogen) atoms. The molecule has 0 N–H and O–H groups in total. The molecule has 0 aromatic rings. The van der Waals surface area contributed by atoms with E-state index in [4.69, 9.17) is 0 Å². The highest BCUT2D eigenvalue weighted by molar-refractivity contribution is 6.62. The Hall–Kier alpha value is -0.195. The van der Waals surface area contributed by atoms with Crippen molar-refractivity contribution in [2.24, 2.45) is 46.3 Å². The first-order chi connectivity index (χ1) is 11.7. The van der Waals surface area contributed by atoms with Crippen LogP contribution in [0.5, 0.6) is 0 Å². The van der Waals surface area contributed by atoms with Crippen LogP contribution in [0.4, 0.5) is 0 Å². The highest BCUT2D eigenvalue weighted by atomic mass is 14.6. The van der Waals surface area contributed by atoms with Crippen molar-refractivity contribution in [1.29, 1.82) is 0 Å². The molecular weight excluding hydrogens is 299 g/mol. The van der Waals surface area contributed by atoms with Crippen LogP contribution in [0.3, 0.4) is 0 Å². The average Bonchev–Trinajstić information content (AvgIpc) is 2.56. The minimum absolute atomic E-state index is 0.628. The summed E-state index contributed by atoms with van der Waals surface area (Å²) in [7, 11) is 0. The summed E-state index contributed by atoms with van der Waals surface area (Å²) in [4.78, 5) is 0. The average molecular weight is 340 g/mol. The number of rotatable bonds is 4. The Balaban J connectivity index is 1.56. The van der Waals surface area contributed by atoms with Crippen molar-refractivity contribution in [3.8, 4) is 0 Å². The van der Waals surface area contributed by atoms with E-state index in [0.29, 0.717) is 10.8 Å². The van der Waals surface area contributed by atoms with Crippen LogP contribution in [-0.2, 0) is 0 Å². The van der Waals surface area contributed by atoms with Gasteiger partial charge in [0.1, 0.15) is 0 Å². The lowest BCUT2D eigenvalue weighted by atomic mass is 9.20. The Morgan fingerprint density at radius 1 is 0.800 bits per heavy atom. The van der Waals surface area contributed by atoms with E-state index in [2.05, 4.69) is 60.6 Å². The summed E-state index contributed by atoms with van der Waals surface area (Å²) in [5.41, 5.74) is 1.26. The third-order valence-electron chi connectivity index (χ3n) is 10.6. The Morgan fingerprint density at radius 2 is 1.24 bits per heavy atom. The lowest BCUT2D eigenvalue weighted by Gasteiger charge is -2.66. The second-order valence-corrected chi connectivity index (χ2v) is 11.7. The molecule has 2 unspecified atom stereocenters. The van der Waals surface area contributed by atoms with Crippen LogP contribution in [0.1, 0.15) is 74.1 Å². The zero-order valence-electron chi connectivity index (χ0n) is 17.9. The van der Waals surface area contributed by atoms with Gasteiger partial charge in [-0.15, -0.1) is 0 Å². The fourth-order valence-corrected chi connectivity index (χ4v) is 8.47. The van der Waals surface area contributed by atoms with Gasteiger partial charge in [-0.05, 0) is 66.1 Å². The predicted molar refractivity (Wildman–Crippen MR) is 111 cm³/mol. The third-order valence-corrected chi connectivity index (χ3v) is 10.6. The van der Waals surface area contributed by atoms with Crippen LogP contribution in [0.15, 0.2) is 12.2 Å². The molecule has 8 atom stereocenters. The van der Waals surface area contributed by atoms with E-state index in [1.54, 1.807) is 0 Å². The molecule has 0 aliphatic heterocycles. The van der Waals surface area contributed by atoms with Crippen molar-refractivity contribution in [1.82, 2.24) is 0 Å². The molecule has 0 heterocycles. The molecule has 0 aromatic carbocycles. The van der Waals surface area contributed by atoms with Crippen LogP contribution in [0.2, 0.25) is 18.0 Å². The number of fused-ring (bicyclic) bond motifs is 4. The summed E-state index contributed by atoms with van der Waals surface area (Å²) in [6.45, 7) is 18.6. The maximum atomic E-state index is 2.62. The molecule has 0 saturated heterocycles. The van der Waals surface area contributed by atoms with Gasteiger partial charge in [0.2, 0.25) is 0 Å². The van der Waals surface area contributed by atoms with Crippen LogP contribution in [0, 0.1) is 46.3 Å². The Kier molecular flexibility index (Phi) is 4.29. The van der Waals surface area contributed by atoms with Crippen molar-refractivity contribution < 1.29 is 0 Å². The minimum atomic E-state index is 0.628. The largest absolute Gasteiger partial charge is 0.150 e. The summed E-state index contributed by atoms with van der Waals surface area (Å²) in [6, 6.07) is 0. The van der Waals surface area contributed by atoms with Crippen molar-refractivity contribution in [3.63, 3.8) is 0 Å². The smallest absolute Gasteiger partial charge is 0.0960 e. The number of hydrogen-bond donors (Lipinski definition) is 0. The van der Waals surface area contributed by atoms with Crippen LogP contribution in [0.25, 0.3) is 0 Å². The number of allylic oxidation sites excluding steroid dienone is 2. The lowest BCUT2D eigenvalue weighted by Crippen LogP contribution is -2.59. The van der Waals surface area contributed by atoms with Crippen molar-refractivity contribution in [2.45, 2.75) is 92.1 Å². The van der Waals surface area contributed by atoms with E-state index in [-0.39, 0.29) is 0 Å². The van der Waals surface area contributed by atoms with Gasteiger partial charge in [0.15, 0.2) is 6.71 Å². The van der Waals surface area contributed by atoms with Gasteiger partial charge in [-0.1, -0.05) is 84.5 Å². The van der Waals surface area contributed by atoms with Gasteiger partial charge in [-0.3, -0.25) is 0 Å². The molecule has 140 valence electrons. The Bertz CT molecular complexity index is 502. The summed E-state index contributed by atoms with van der Waals surface area (Å²) in [5, 5.41) is 0. The van der Waals surface area contributed by atoms with Crippen molar-refractivity contribution in [3.05, 3.63) is 12.2 Å². The monoisotopic (exact) mass is 340 g/mol. The van der Waals surface area contributed by atoms with Crippen molar-refractivity contribution >= 4 is 6.71 Å². The van der Waals surface area contributed by atoms with Gasteiger partial charge in [0.25, 0.3) is 0 Å². The van der Waals surface area contributed by atoms with E-state index in [0.717, 1.165) is 53.9 Å². The summed E-state index contributed by atoms with van der Waals surface area (Å²) in [6.07, 6.45) is 12.3. The molecule has 0 amide bonds. The van der Waals surface area contributed by atoms with Crippen LogP contribution >= 0.6 is 0 Å². The first-order valence-corrected chi connectivity index (χ1v) is 11.3. The summed E-state index contributed by atoms with van der Waals surface area (Å²) < 4.78 is 0. The van der Waals surface area contributed by atoms with Gasteiger partial charge in [0.05, 0.1) is 0 Å². The molecule has 6 rings (SSSR count). The molecule has 0 spiro atoms. The van der Waals surface area contributed by atoms with E-state index < -0.39 is 0 Å². The molecule has 0 aromatic heterocycles.